The average molecular weight is 301 g/mol. The fourth-order valence-electron chi connectivity index (χ4n) is 2.41. The maximum atomic E-state index is 12.1. The molecule has 3 rings (SSSR count). The molecular weight excluding hydrogens is 282 g/mol. The molecule has 1 N–H and O–H groups in total. The molecule has 1 saturated heterocycles. The number of aromatic nitrogens is 3. The number of amides is 1. The minimum Gasteiger partial charge on any atom is -0.379 e. The standard InChI is InChI=1S/C15H19N5O2/c21-15(17-4-1-5-20-6-8-22-9-7-20)13-3-2-12-10-16-11-18-14(12)19-13/h2-3,10-11H,1,4-9H2,(H,17,21). The van der Waals surface area contributed by atoms with Gasteiger partial charge in [0.1, 0.15) is 12.0 Å². The van der Waals surface area contributed by atoms with Crippen LogP contribution in [0, 0.1) is 0 Å². The van der Waals surface area contributed by atoms with E-state index in [2.05, 4.69) is 25.2 Å². The summed E-state index contributed by atoms with van der Waals surface area (Å²) in [5.41, 5.74) is 0.925. The van der Waals surface area contributed by atoms with Gasteiger partial charge in [-0.2, -0.15) is 0 Å². The largest absolute Gasteiger partial charge is 0.379 e. The van der Waals surface area contributed by atoms with Crippen LogP contribution in [0.1, 0.15) is 16.9 Å². The molecule has 0 bridgehead atoms. The van der Waals surface area contributed by atoms with E-state index in [1.165, 1.54) is 6.33 Å². The summed E-state index contributed by atoms with van der Waals surface area (Å²) in [6.07, 6.45) is 4.03. The Kier molecular flexibility index (Phi) is 4.87. The van der Waals surface area contributed by atoms with Crippen molar-refractivity contribution in [3.8, 4) is 0 Å². The number of hydrogen-bond donors (Lipinski definition) is 1. The second-order valence-electron chi connectivity index (χ2n) is 5.20. The van der Waals surface area contributed by atoms with Gasteiger partial charge < -0.3 is 10.1 Å². The first kappa shape index (κ1) is 14.8. The number of carbonyl (C=O) groups excluding carboxylic acids is 1. The quantitative estimate of drug-likeness (QED) is 0.809. The Hall–Kier alpha value is -2.12. The molecule has 0 spiro atoms. The highest BCUT2D eigenvalue weighted by atomic mass is 16.5. The normalized spacial score (nSPS) is 15.8. The van der Waals surface area contributed by atoms with Gasteiger partial charge in [-0.25, -0.2) is 15.0 Å². The number of carbonyl (C=O) groups is 1. The van der Waals surface area contributed by atoms with Gasteiger partial charge in [-0.3, -0.25) is 9.69 Å². The average Bonchev–Trinajstić information content (AvgIpc) is 2.59. The van der Waals surface area contributed by atoms with E-state index in [4.69, 9.17) is 4.74 Å². The monoisotopic (exact) mass is 301 g/mol. The summed E-state index contributed by atoms with van der Waals surface area (Å²) in [5.74, 6) is -0.164. The van der Waals surface area contributed by atoms with Crippen LogP contribution < -0.4 is 5.32 Å². The Morgan fingerprint density at radius 1 is 1.32 bits per heavy atom. The zero-order chi connectivity index (χ0) is 15.2. The SMILES string of the molecule is O=C(NCCCN1CCOCC1)c1ccc2cncnc2n1. The first-order valence-corrected chi connectivity index (χ1v) is 7.48. The molecule has 1 fully saturated rings. The van der Waals surface area contributed by atoms with Crippen LogP contribution in [0.5, 0.6) is 0 Å². The summed E-state index contributed by atoms with van der Waals surface area (Å²) >= 11 is 0. The molecule has 2 aromatic rings. The summed E-state index contributed by atoms with van der Waals surface area (Å²) in [5, 5.41) is 3.73. The first-order valence-electron chi connectivity index (χ1n) is 7.48. The fourth-order valence-corrected chi connectivity index (χ4v) is 2.41. The van der Waals surface area contributed by atoms with E-state index in [-0.39, 0.29) is 5.91 Å². The van der Waals surface area contributed by atoms with Crippen LogP contribution in [-0.4, -0.2) is 65.2 Å². The van der Waals surface area contributed by atoms with E-state index in [0.29, 0.717) is 17.9 Å². The van der Waals surface area contributed by atoms with Crippen LogP contribution in [0.4, 0.5) is 0 Å². The van der Waals surface area contributed by atoms with E-state index in [9.17, 15) is 4.79 Å². The predicted octanol–water partition coefficient (Wildman–Crippen LogP) is 0.477. The molecule has 2 aromatic heterocycles. The topological polar surface area (TPSA) is 80.2 Å². The van der Waals surface area contributed by atoms with Crippen LogP contribution in [0.3, 0.4) is 0 Å². The van der Waals surface area contributed by atoms with Gasteiger partial charge in [-0.15, -0.1) is 0 Å². The predicted molar refractivity (Wildman–Crippen MR) is 81.5 cm³/mol. The molecule has 7 heteroatoms. The van der Waals surface area contributed by atoms with Crippen LogP contribution in [0.25, 0.3) is 11.0 Å². The summed E-state index contributed by atoms with van der Waals surface area (Å²) in [6, 6.07) is 3.51. The molecule has 1 aliphatic rings. The van der Waals surface area contributed by atoms with Gasteiger partial charge in [-0.05, 0) is 25.1 Å². The first-order chi connectivity index (χ1) is 10.8. The number of hydrogen-bond acceptors (Lipinski definition) is 6. The summed E-state index contributed by atoms with van der Waals surface area (Å²) in [7, 11) is 0. The molecule has 0 atom stereocenters. The smallest absolute Gasteiger partial charge is 0.269 e. The van der Waals surface area contributed by atoms with Gasteiger partial charge in [-0.1, -0.05) is 0 Å². The van der Waals surface area contributed by atoms with Crippen molar-refractivity contribution in [1.82, 2.24) is 25.2 Å². The fraction of sp³-hybridized carbons (Fsp3) is 0.467. The number of fused-ring (bicyclic) bond motifs is 1. The molecule has 0 saturated carbocycles. The molecule has 1 aliphatic heterocycles. The van der Waals surface area contributed by atoms with Crippen molar-refractivity contribution < 1.29 is 9.53 Å². The molecular formula is C15H19N5O2. The summed E-state index contributed by atoms with van der Waals surface area (Å²) < 4.78 is 5.31. The van der Waals surface area contributed by atoms with Crippen molar-refractivity contribution in [3.63, 3.8) is 0 Å². The lowest BCUT2D eigenvalue weighted by atomic mass is 10.2. The Bertz CT molecular complexity index is 643. The van der Waals surface area contributed by atoms with Gasteiger partial charge >= 0.3 is 0 Å². The minimum absolute atomic E-state index is 0.164. The molecule has 0 aromatic carbocycles. The number of pyridine rings is 1. The molecule has 1 amide bonds. The highest BCUT2D eigenvalue weighted by Gasteiger charge is 2.11. The second-order valence-corrected chi connectivity index (χ2v) is 5.20. The number of ether oxygens (including phenoxy) is 1. The van der Waals surface area contributed by atoms with E-state index in [0.717, 1.165) is 44.7 Å². The van der Waals surface area contributed by atoms with Crippen molar-refractivity contribution >= 4 is 16.9 Å². The number of nitrogens with one attached hydrogen (secondary N) is 1. The van der Waals surface area contributed by atoms with Crippen molar-refractivity contribution in [1.29, 1.82) is 0 Å². The third kappa shape index (κ3) is 3.75. The second kappa shape index (κ2) is 7.24. The highest BCUT2D eigenvalue weighted by molar-refractivity contribution is 5.94. The Balaban J connectivity index is 1.48. The van der Waals surface area contributed by atoms with Crippen molar-refractivity contribution in [2.24, 2.45) is 0 Å². The van der Waals surface area contributed by atoms with Crippen LogP contribution >= 0.6 is 0 Å². The molecule has 116 valence electrons. The third-order valence-corrected chi connectivity index (χ3v) is 3.64. The molecule has 0 aliphatic carbocycles. The maximum Gasteiger partial charge on any atom is 0.269 e. The Labute approximate surface area is 128 Å². The van der Waals surface area contributed by atoms with Gasteiger partial charge in [0.05, 0.1) is 13.2 Å². The summed E-state index contributed by atoms with van der Waals surface area (Å²) in [6.45, 7) is 5.16. The van der Waals surface area contributed by atoms with Gasteiger partial charge in [0.2, 0.25) is 0 Å². The molecule has 0 radical (unpaired) electrons. The minimum atomic E-state index is -0.164. The Morgan fingerprint density at radius 2 is 2.18 bits per heavy atom. The van der Waals surface area contributed by atoms with Crippen molar-refractivity contribution in [2.45, 2.75) is 6.42 Å². The van der Waals surface area contributed by atoms with Gasteiger partial charge in [0.25, 0.3) is 5.91 Å². The van der Waals surface area contributed by atoms with E-state index in [1.54, 1.807) is 12.3 Å². The molecule has 7 nitrogen and oxygen atoms in total. The van der Waals surface area contributed by atoms with Crippen LogP contribution in [0.15, 0.2) is 24.7 Å². The lowest BCUT2D eigenvalue weighted by molar-refractivity contribution is 0.0374. The van der Waals surface area contributed by atoms with Gasteiger partial charge in [0, 0.05) is 31.2 Å². The maximum absolute atomic E-state index is 12.1. The van der Waals surface area contributed by atoms with Crippen LogP contribution in [-0.2, 0) is 4.74 Å². The third-order valence-electron chi connectivity index (χ3n) is 3.64. The summed E-state index contributed by atoms with van der Waals surface area (Å²) in [4.78, 5) is 26.7. The Morgan fingerprint density at radius 3 is 3.05 bits per heavy atom. The molecule has 22 heavy (non-hydrogen) atoms. The number of nitrogens with zero attached hydrogens (tertiary/aromatic N) is 4. The molecule has 0 unspecified atom stereocenters. The number of morpholine rings is 1. The van der Waals surface area contributed by atoms with E-state index < -0.39 is 0 Å². The zero-order valence-electron chi connectivity index (χ0n) is 12.4. The highest BCUT2D eigenvalue weighted by Crippen LogP contribution is 2.07. The van der Waals surface area contributed by atoms with E-state index >= 15 is 0 Å². The zero-order valence-corrected chi connectivity index (χ0v) is 12.4. The lowest BCUT2D eigenvalue weighted by Crippen LogP contribution is -2.38. The number of rotatable bonds is 5. The van der Waals surface area contributed by atoms with E-state index in [1.807, 2.05) is 6.07 Å². The lowest BCUT2D eigenvalue weighted by Gasteiger charge is -2.26. The van der Waals surface area contributed by atoms with Gasteiger partial charge in [0.15, 0.2) is 5.65 Å². The van der Waals surface area contributed by atoms with Crippen molar-refractivity contribution in [2.75, 3.05) is 39.4 Å². The molecule has 3 heterocycles. The van der Waals surface area contributed by atoms with Crippen LogP contribution in [0.2, 0.25) is 0 Å². The van der Waals surface area contributed by atoms with Crippen molar-refractivity contribution in [3.05, 3.63) is 30.4 Å².